The van der Waals surface area contributed by atoms with Crippen LogP contribution in [0.15, 0.2) is 83.6 Å². The number of likely N-dealkylation sites (N-methyl/N-ethyl adjacent to an activating group) is 1. The van der Waals surface area contributed by atoms with E-state index in [0.29, 0.717) is 12.0 Å². The summed E-state index contributed by atoms with van der Waals surface area (Å²) in [7, 11) is 5.01. The van der Waals surface area contributed by atoms with Crippen molar-refractivity contribution in [3.05, 3.63) is 95.2 Å². The fourth-order valence-corrected chi connectivity index (χ4v) is 5.00. The molecule has 1 heterocycles. The lowest BCUT2D eigenvalue weighted by molar-refractivity contribution is 0.0955. The Morgan fingerprint density at radius 1 is 0.973 bits per heavy atom. The number of nitrogens with one attached hydrogen (secondary N) is 1. The average Bonchev–Trinajstić information content (AvgIpc) is 3.17. The Hall–Kier alpha value is -4.26. The van der Waals surface area contributed by atoms with Gasteiger partial charge in [0.1, 0.15) is 17.2 Å². The molecule has 7 nitrogen and oxygen atoms in total. The first-order chi connectivity index (χ1) is 18.0. The van der Waals surface area contributed by atoms with Crippen LogP contribution < -0.4 is 24.5 Å². The number of ether oxygens (including phenoxy) is 3. The number of hydrogen-bond donors (Lipinski definition) is 1. The van der Waals surface area contributed by atoms with Crippen molar-refractivity contribution in [1.82, 2.24) is 5.43 Å². The fourth-order valence-electron chi connectivity index (χ4n) is 5.00. The van der Waals surface area contributed by atoms with E-state index >= 15 is 0 Å². The van der Waals surface area contributed by atoms with E-state index in [9.17, 15) is 4.79 Å². The first-order valence-corrected chi connectivity index (χ1v) is 12.2. The summed E-state index contributed by atoms with van der Waals surface area (Å²) < 4.78 is 17.0. The van der Waals surface area contributed by atoms with Gasteiger partial charge in [0.2, 0.25) is 0 Å². The molecule has 3 aromatic rings. The summed E-state index contributed by atoms with van der Waals surface area (Å²) in [5.41, 5.74) is 6.96. The molecule has 1 atom stereocenters. The number of allylic oxidation sites excluding steroid dienone is 2. The Balaban J connectivity index is 1.76. The van der Waals surface area contributed by atoms with Crippen molar-refractivity contribution < 1.29 is 19.0 Å². The zero-order valence-electron chi connectivity index (χ0n) is 21.9. The molecule has 0 aliphatic carbocycles. The number of benzene rings is 3. The van der Waals surface area contributed by atoms with Crippen LogP contribution >= 0.6 is 0 Å². The van der Waals surface area contributed by atoms with E-state index < -0.39 is 5.41 Å². The molecular formula is C30H33N3O4. The van der Waals surface area contributed by atoms with Crippen LogP contribution in [0.2, 0.25) is 0 Å². The van der Waals surface area contributed by atoms with Gasteiger partial charge in [0.15, 0.2) is 0 Å². The van der Waals surface area contributed by atoms with Gasteiger partial charge in [-0.15, -0.1) is 0 Å². The standard InChI is InChI=1S/C30H33N3O4/c1-6-33-25-16-15-22(35-3)19-24(25)30(2,20-23-26(36-4)13-10-14-27(23)37-5)28(33)17-18-31-32-29(34)21-11-8-7-9-12-21/h7-19H,6,20H2,1-5H3,(H,32,34)/b28-17-,31-18+. The number of carbonyl (C=O) groups is 1. The van der Waals surface area contributed by atoms with E-state index in [4.69, 9.17) is 14.2 Å². The Kier molecular flexibility index (Phi) is 7.82. The number of carbonyl (C=O) groups excluding carboxylic acids is 1. The van der Waals surface area contributed by atoms with E-state index in [1.54, 1.807) is 39.7 Å². The molecule has 37 heavy (non-hydrogen) atoms. The molecule has 0 bridgehead atoms. The molecule has 1 unspecified atom stereocenters. The van der Waals surface area contributed by atoms with Gasteiger partial charge < -0.3 is 19.1 Å². The molecule has 1 N–H and O–H groups in total. The third-order valence-electron chi connectivity index (χ3n) is 6.83. The van der Waals surface area contributed by atoms with Crippen molar-refractivity contribution >= 4 is 17.8 Å². The molecule has 0 aromatic heterocycles. The molecule has 0 spiro atoms. The number of hydrazone groups is 1. The van der Waals surface area contributed by atoms with Crippen LogP contribution in [0.3, 0.4) is 0 Å². The lowest BCUT2D eigenvalue weighted by Crippen LogP contribution is -2.31. The van der Waals surface area contributed by atoms with E-state index in [1.165, 1.54) is 0 Å². The van der Waals surface area contributed by atoms with Gasteiger partial charge in [0, 0.05) is 40.7 Å². The molecule has 0 saturated heterocycles. The molecule has 0 fully saturated rings. The van der Waals surface area contributed by atoms with Gasteiger partial charge in [0.05, 0.1) is 21.3 Å². The highest BCUT2D eigenvalue weighted by atomic mass is 16.5. The van der Waals surface area contributed by atoms with E-state index in [0.717, 1.165) is 46.3 Å². The van der Waals surface area contributed by atoms with Gasteiger partial charge in [-0.05, 0) is 74.4 Å². The van der Waals surface area contributed by atoms with Crippen LogP contribution in [0.4, 0.5) is 5.69 Å². The smallest absolute Gasteiger partial charge is 0.271 e. The third-order valence-corrected chi connectivity index (χ3v) is 6.83. The first-order valence-electron chi connectivity index (χ1n) is 12.2. The van der Waals surface area contributed by atoms with Crippen LogP contribution in [0.1, 0.15) is 35.3 Å². The molecule has 1 aliphatic heterocycles. The highest BCUT2D eigenvalue weighted by Gasteiger charge is 2.44. The van der Waals surface area contributed by atoms with Gasteiger partial charge in [-0.1, -0.05) is 24.3 Å². The number of anilines is 1. The first kappa shape index (κ1) is 25.8. The summed E-state index contributed by atoms with van der Waals surface area (Å²) in [6, 6.07) is 21.0. The highest BCUT2D eigenvalue weighted by Crippen LogP contribution is 2.52. The lowest BCUT2D eigenvalue weighted by Gasteiger charge is -2.31. The second-order valence-electron chi connectivity index (χ2n) is 8.91. The number of methoxy groups -OCH3 is 3. The van der Waals surface area contributed by atoms with Gasteiger partial charge in [-0.3, -0.25) is 4.79 Å². The Bertz CT molecular complexity index is 1300. The Labute approximate surface area is 218 Å². The fraction of sp³-hybridized carbons (Fsp3) is 0.267. The quantitative estimate of drug-likeness (QED) is 0.317. The predicted octanol–water partition coefficient (Wildman–Crippen LogP) is 5.35. The Morgan fingerprint density at radius 2 is 1.68 bits per heavy atom. The van der Waals surface area contributed by atoms with Crippen LogP contribution in [0, 0.1) is 0 Å². The minimum Gasteiger partial charge on any atom is -0.497 e. The van der Waals surface area contributed by atoms with Gasteiger partial charge >= 0.3 is 0 Å². The van der Waals surface area contributed by atoms with Crippen molar-refractivity contribution in [3.63, 3.8) is 0 Å². The van der Waals surface area contributed by atoms with Gasteiger partial charge in [0.25, 0.3) is 5.91 Å². The molecule has 1 amide bonds. The summed E-state index contributed by atoms with van der Waals surface area (Å²) in [6.45, 7) is 5.08. The molecule has 7 heteroatoms. The minimum absolute atomic E-state index is 0.261. The molecule has 192 valence electrons. The van der Waals surface area contributed by atoms with Crippen LogP contribution in [0.5, 0.6) is 17.2 Å². The van der Waals surface area contributed by atoms with E-state index in [-0.39, 0.29) is 5.91 Å². The van der Waals surface area contributed by atoms with Crippen molar-refractivity contribution in [3.8, 4) is 17.2 Å². The zero-order chi connectivity index (χ0) is 26.4. The summed E-state index contributed by atoms with van der Waals surface area (Å²) in [5, 5.41) is 4.21. The molecule has 3 aromatic carbocycles. The SMILES string of the molecule is CCN1/C(=C\C=N\NC(=O)c2ccccc2)C(C)(Cc2c(OC)cccc2OC)c2cc(OC)ccc21. The largest absolute Gasteiger partial charge is 0.497 e. The maximum Gasteiger partial charge on any atom is 0.271 e. The van der Waals surface area contributed by atoms with Crippen LogP contribution in [-0.4, -0.2) is 40.0 Å². The van der Waals surface area contributed by atoms with Crippen LogP contribution in [0.25, 0.3) is 0 Å². The normalized spacial score (nSPS) is 17.6. The number of rotatable bonds is 9. The summed E-state index contributed by atoms with van der Waals surface area (Å²) in [4.78, 5) is 14.7. The van der Waals surface area contributed by atoms with E-state index in [1.807, 2.05) is 48.5 Å². The lowest BCUT2D eigenvalue weighted by atomic mass is 9.76. The van der Waals surface area contributed by atoms with Gasteiger partial charge in [-0.2, -0.15) is 5.10 Å². The monoisotopic (exact) mass is 499 g/mol. The average molecular weight is 500 g/mol. The maximum absolute atomic E-state index is 12.4. The molecular weight excluding hydrogens is 466 g/mol. The predicted molar refractivity (Wildman–Crippen MR) is 147 cm³/mol. The number of fused-ring (bicyclic) bond motifs is 1. The van der Waals surface area contributed by atoms with Crippen molar-refractivity contribution in [1.29, 1.82) is 0 Å². The van der Waals surface area contributed by atoms with Gasteiger partial charge in [-0.25, -0.2) is 5.43 Å². The van der Waals surface area contributed by atoms with E-state index in [2.05, 4.69) is 41.4 Å². The van der Waals surface area contributed by atoms with Crippen LogP contribution in [-0.2, 0) is 11.8 Å². The highest BCUT2D eigenvalue weighted by molar-refractivity contribution is 5.94. The molecule has 0 saturated carbocycles. The van der Waals surface area contributed by atoms with Crippen molar-refractivity contribution in [2.24, 2.45) is 5.10 Å². The molecule has 0 radical (unpaired) electrons. The molecule has 4 rings (SSSR count). The number of hydrogen-bond acceptors (Lipinski definition) is 6. The van der Waals surface area contributed by atoms with Crippen molar-refractivity contribution in [2.75, 3.05) is 32.8 Å². The Morgan fingerprint density at radius 3 is 2.30 bits per heavy atom. The second kappa shape index (κ2) is 11.2. The summed E-state index contributed by atoms with van der Waals surface area (Å²) in [5.74, 6) is 2.06. The number of amides is 1. The second-order valence-corrected chi connectivity index (χ2v) is 8.91. The summed E-state index contributed by atoms with van der Waals surface area (Å²) >= 11 is 0. The topological polar surface area (TPSA) is 72.4 Å². The minimum atomic E-state index is -0.461. The van der Waals surface area contributed by atoms with Crippen molar-refractivity contribution in [2.45, 2.75) is 25.7 Å². The maximum atomic E-state index is 12.4. The third kappa shape index (κ3) is 5.03. The summed E-state index contributed by atoms with van der Waals surface area (Å²) in [6.07, 6.45) is 4.22. The number of nitrogens with zero attached hydrogens (tertiary/aromatic N) is 2. The zero-order valence-corrected chi connectivity index (χ0v) is 21.9. The molecule has 1 aliphatic rings.